The zero-order valence-corrected chi connectivity index (χ0v) is 11.9. The standard InChI is InChI=1S/C17H21NO2/c1-3-17(13-7-5-4-6-8-13)18-12(2)14-9-15(19)11-16(20)10-14/h4-12,17-20H,3H2,1-2H3. The number of nitrogens with one attached hydrogen (secondary N) is 1. The third-order valence-corrected chi connectivity index (χ3v) is 3.49. The number of hydrogen-bond donors (Lipinski definition) is 3. The first kappa shape index (κ1) is 14.4. The summed E-state index contributed by atoms with van der Waals surface area (Å²) < 4.78 is 0. The highest BCUT2D eigenvalue weighted by atomic mass is 16.3. The fourth-order valence-corrected chi connectivity index (χ4v) is 2.40. The van der Waals surface area contributed by atoms with Crippen molar-refractivity contribution in [2.24, 2.45) is 0 Å². The molecule has 2 aromatic carbocycles. The van der Waals surface area contributed by atoms with Crippen LogP contribution in [-0.2, 0) is 0 Å². The molecule has 0 heterocycles. The van der Waals surface area contributed by atoms with Crippen molar-refractivity contribution in [3.8, 4) is 11.5 Å². The van der Waals surface area contributed by atoms with Gasteiger partial charge in [0.25, 0.3) is 0 Å². The van der Waals surface area contributed by atoms with Crippen LogP contribution in [0.2, 0.25) is 0 Å². The van der Waals surface area contributed by atoms with Gasteiger partial charge in [-0.3, -0.25) is 0 Å². The molecule has 3 heteroatoms. The molecule has 2 unspecified atom stereocenters. The Kier molecular flexibility index (Phi) is 4.64. The van der Waals surface area contributed by atoms with Crippen molar-refractivity contribution in [2.75, 3.05) is 0 Å². The first-order chi connectivity index (χ1) is 9.60. The highest BCUT2D eigenvalue weighted by molar-refractivity contribution is 5.38. The molecule has 0 spiro atoms. The molecule has 3 nitrogen and oxygen atoms in total. The molecule has 106 valence electrons. The maximum absolute atomic E-state index is 9.56. The molecule has 0 saturated carbocycles. The van der Waals surface area contributed by atoms with E-state index in [0.717, 1.165) is 12.0 Å². The minimum absolute atomic E-state index is 0.0400. The molecule has 0 fully saturated rings. The maximum Gasteiger partial charge on any atom is 0.119 e. The summed E-state index contributed by atoms with van der Waals surface area (Å²) in [6.07, 6.45) is 0.971. The van der Waals surface area contributed by atoms with Gasteiger partial charge in [-0.25, -0.2) is 0 Å². The van der Waals surface area contributed by atoms with E-state index in [-0.39, 0.29) is 23.6 Å². The molecule has 20 heavy (non-hydrogen) atoms. The fraction of sp³-hybridized carbons (Fsp3) is 0.294. The van der Waals surface area contributed by atoms with Crippen LogP contribution in [0.15, 0.2) is 48.5 Å². The van der Waals surface area contributed by atoms with Crippen molar-refractivity contribution >= 4 is 0 Å². The monoisotopic (exact) mass is 271 g/mol. The molecule has 2 aromatic rings. The first-order valence-corrected chi connectivity index (χ1v) is 6.94. The summed E-state index contributed by atoms with van der Waals surface area (Å²) in [5, 5.41) is 22.7. The fourth-order valence-electron chi connectivity index (χ4n) is 2.40. The minimum atomic E-state index is 0.0400. The number of phenolic OH excluding ortho intramolecular Hbond substituents is 2. The average Bonchev–Trinajstić information content (AvgIpc) is 2.44. The van der Waals surface area contributed by atoms with Crippen LogP contribution in [0.5, 0.6) is 11.5 Å². The first-order valence-electron chi connectivity index (χ1n) is 6.94. The van der Waals surface area contributed by atoms with Crippen molar-refractivity contribution in [3.05, 3.63) is 59.7 Å². The van der Waals surface area contributed by atoms with Gasteiger partial charge in [0, 0.05) is 18.2 Å². The van der Waals surface area contributed by atoms with Gasteiger partial charge in [0.05, 0.1) is 0 Å². The molecule has 3 N–H and O–H groups in total. The van der Waals surface area contributed by atoms with E-state index in [2.05, 4.69) is 24.4 Å². The van der Waals surface area contributed by atoms with Crippen molar-refractivity contribution in [2.45, 2.75) is 32.4 Å². The summed E-state index contributed by atoms with van der Waals surface area (Å²) >= 11 is 0. The molecule has 2 atom stereocenters. The van der Waals surface area contributed by atoms with E-state index in [4.69, 9.17) is 0 Å². The lowest BCUT2D eigenvalue weighted by Crippen LogP contribution is -2.24. The topological polar surface area (TPSA) is 52.5 Å². The second-order valence-corrected chi connectivity index (χ2v) is 5.04. The molecule has 0 aliphatic carbocycles. The molecule has 0 aliphatic rings. The predicted octanol–water partition coefficient (Wildman–Crippen LogP) is 3.90. The van der Waals surface area contributed by atoms with Gasteiger partial charge in [0.2, 0.25) is 0 Å². The zero-order chi connectivity index (χ0) is 14.5. The summed E-state index contributed by atoms with van der Waals surface area (Å²) in [5.74, 6) is 0.169. The lowest BCUT2D eigenvalue weighted by atomic mass is 10.0. The van der Waals surface area contributed by atoms with Crippen molar-refractivity contribution in [1.82, 2.24) is 5.32 Å². The molecule has 2 rings (SSSR count). The van der Waals surface area contributed by atoms with Crippen LogP contribution >= 0.6 is 0 Å². The molecular weight excluding hydrogens is 250 g/mol. The number of phenols is 2. The largest absolute Gasteiger partial charge is 0.508 e. The van der Waals surface area contributed by atoms with Gasteiger partial charge >= 0.3 is 0 Å². The Morgan fingerprint density at radius 3 is 2.10 bits per heavy atom. The maximum atomic E-state index is 9.56. The van der Waals surface area contributed by atoms with Gasteiger partial charge in [-0.05, 0) is 36.6 Å². The normalized spacial score (nSPS) is 13.9. The number of rotatable bonds is 5. The summed E-state index contributed by atoms with van der Waals surface area (Å²) in [4.78, 5) is 0. The molecule has 0 aliphatic heterocycles. The molecule has 0 aromatic heterocycles. The molecule has 0 saturated heterocycles. The lowest BCUT2D eigenvalue weighted by Gasteiger charge is -2.23. The highest BCUT2D eigenvalue weighted by Crippen LogP contribution is 2.27. The van der Waals surface area contributed by atoms with E-state index in [0.29, 0.717) is 0 Å². The third kappa shape index (κ3) is 3.52. The minimum Gasteiger partial charge on any atom is -0.508 e. The van der Waals surface area contributed by atoms with Crippen LogP contribution in [0.25, 0.3) is 0 Å². The quantitative estimate of drug-likeness (QED) is 0.773. The van der Waals surface area contributed by atoms with Crippen molar-refractivity contribution < 1.29 is 10.2 Å². The van der Waals surface area contributed by atoms with Gasteiger partial charge in [0.1, 0.15) is 11.5 Å². The Morgan fingerprint density at radius 2 is 1.55 bits per heavy atom. The smallest absolute Gasteiger partial charge is 0.119 e. The third-order valence-electron chi connectivity index (χ3n) is 3.49. The van der Waals surface area contributed by atoms with E-state index >= 15 is 0 Å². The Hall–Kier alpha value is -2.00. The second-order valence-electron chi connectivity index (χ2n) is 5.04. The Morgan fingerprint density at radius 1 is 0.950 bits per heavy atom. The van der Waals surface area contributed by atoms with E-state index in [9.17, 15) is 10.2 Å². The molecule has 0 amide bonds. The Labute approximate surface area is 119 Å². The molecule has 0 bridgehead atoms. The van der Waals surface area contributed by atoms with Gasteiger partial charge in [-0.15, -0.1) is 0 Å². The number of benzene rings is 2. The predicted molar refractivity (Wildman–Crippen MR) is 80.8 cm³/mol. The summed E-state index contributed by atoms with van der Waals surface area (Å²) in [5.41, 5.74) is 2.11. The number of hydrogen-bond acceptors (Lipinski definition) is 3. The van der Waals surface area contributed by atoms with Gasteiger partial charge in [-0.1, -0.05) is 37.3 Å². The molecule has 0 radical (unpaired) electrons. The van der Waals surface area contributed by atoms with E-state index in [1.54, 1.807) is 12.1 Å². The Bertz CT molecular complexity index is 534. The summed E-state index contributed by atoms with van der Waals surface area (Å²) in [6.45, 7) is 4.16. The average molecular weight is 271 g/mol. The summed E-state index contributed by atoms with van der Waals surface area (Å²) in [7, 11) is 0. The van der Waals surface area contributed by atoms with Crippen LogP contribution < -0.4 is 5.32 Å². The zero-order valence-electron chi connectivity index (χ0n) is 11.9. The van der Waals surface area contributed by atoms with Crippen LogP contribution in [0.4, 0.5) is 0 Å². The van der Waals surface area contributed by atoms with E-state index in [1.807, 2.05) is 25.1 Å². The van der Waals surface area contributed by atoms with Crippen molar-refractivity contribution in [3.63, 3.8) is 0 Å². The van der Waals surface area contributed by atoms with Gasteiger partial charge < -0.3 is 15.5 Å². The Balaban J connectivity index is 2.15. The van der Waals surface area contributed by atoms with E-state index in [1.165, 1.54) is 11.6 Å². The van der Waals surface area contributed by atoms with Crippen LogP contribution in [-0.4, -0.2) is 10.2 Å². The van der Waals surface area contributed by atoms with Gasteiger partial charge in [-0.2, -0.15) is 0 Å². The number of aromatic hydroxyl groups is 2. The summed E-state index contributed by atoms with van der Waals surface area (Å²) in [6, 6.07) is 15.3. The van der Waals surface area contributed by atoms with Crippen LogP contribution in [0.1, 0.15) is 43.5 Å². The van der Waals surface area contributed by atoms with Crippen LogP contribution in [0, 0.1) is 0 Å². The lowest BCUT2D eigenvalue weighted by molar-refractivity contribution is 0.434. The van der Waals surface area contributed by atoms with E-state index < -0.39 is 0 Å². The highest BCUT2D eigenvalue weighted by Gasteiger charge is 2.14. The van der Waals surface area contributed by atoms with Crippen molar-refractivity contribution in [1.29, 1.82) is 0 Å². The second kappa shape index (κ2) is 6.44. The SMILES string of the molecule is CCC(NC(C)c1cc(O)cc(O)c1)c1ccccc1. The molecular formula is C17H21NO2. The van der Waals surface area contributed by atoms with Crippen LogP contribution in [0.3, 0.4) is 0 Å². The van der Waals surface area contributed by atoms with Gasteiger partial charge in [0.15, 0.2) is 0 Å².